The van der Waals surface area contributed by atoms with Crippen LogP contribution in [0.5, 0.6) is 5.75 Å². The van der Waals surface area contributed by atoms with Crippen molar-refractivity contribution in [2.45, 2.75) is 6.42 Å². The van der Waals surface area contributed by atoms with E-state index in [-0.39, 0.29) is 5.91 Å². The number of carbonyl (C=O) groups is 1. The van der Waals surface area contributed by atoms with E-state index >= 15 is 0 Å². The number of carbonyl (C=O) groups excluding carboxylic acids is 1. The molecule has 1 amide bonds. The number of nitrogen functional groups attached to an aromatic ring is 1. The molecule has 21 heavy (non-hydrogen) atoms. The molecule has 2 heterocycles. The Morgan fingerprint density at radius 2 is 2.24 bits per heavy atom. The monoisotopic (exact) mass is 307 g/mol. The molecule has 1 aromatic rings. The standard InChI is InChI=1S/C15H18ClN3O2/c16-12-3-8(14-7(13(12)17)1-2-21-14)15(20)19-6-11-9-4-18-5-10(9)11/h3,9-11,18H,1-2,4-6,17H2,(H,19,20). The highest BCUT2D eigenvalue weighted by atomic mass is 35.5. The Bertz CT molecular complexity index is 609. The van der Waals surface area contributed by atoms with Crippen LogP contribution in [0, 0.1) is 17.8 Å². The van der Waals surface area contributed by atoms with E-state index in [0.29, 0.717) is 41.0 Å². The molecule has 0 radical (unpaired) electrons. The van der Waals surface area contributed by atoms with Gasteiger partial charge in [-0.25, -0.2) is 0 Å². The molecule has 6 heteroatoms. The van der Waals surface area contributed by atoms with Gasteiger partial charge in [0, 0.05) is 18.5 Å². The quantitative estimate of drug-likeness (QED) is 0.730. The number of hydrogen-bond donors (Lipinski definition) is 3. The van der Waals surface area contributed by atoms with Crippen molar-refractivity contribution < 1.29 is 9.53 Å². The number of anilines is 1. The maximum absolute atomic E-state index is 12.4. The number of nitrogens with two attached hydrogens (primary N) is 1. The van der Waals surface area contributed by atoms with Gasteiger partial charge in [-0.3, -0.25) is 4.79 Å². The molecule has 112 valence electrons. The lowest BCUT2D eigenvalue weighted by atomic mass is 10.1. The van der Waals surface area contributed by atoms with Crippen LogP contribution >= 0.6 is 11.6 Å². The number of amides is 1. The Morgan fingerprint density at radius 1 is 1.48 bits per heavy atom. The van der Waals surface area contributed by atoms with Gasteiger partial charge in [0.2, 0.25) is 0 Å². The summed E-state index contributed by atoms with van der Waals surface area (Å²) < 4.78 is 5.57. The highest BCUT2D eigenvalue weighted by Gasteiger charge is 2.52. The number of piperidine rings is 1. The van der Waals surface area contributed by atoms with Crippen LogP contribution in [0.15, 0.2) is 6.07 Å². The Morgan fingerprint density at radius 3 is 3.00 bits per heavy atom. The van der Waals surface area contributed by atoms with E-state index in [1.807, 2.05) is 0 Å². The number of rotatable bonds is 3. The summed E-state index contributed by atoms with van der Waals surface area (Å²) >= 11 is 6.13. The number of fused-ring (bicyclic) bond motifs is 2. The molecule has 5 nitrogen and oxygen atoms in total. The summed E-state index contributed by atoms with van der Waals surface area (Å²) in [5.41, 5.74) is 7.84. The second-order valence-electron chi connectivity index (χ2n) is 6.09. The third-order valence-corrected chi connectivity index (χ3v) is 5.30. The van der Waals surface area contributed by atoms with Crippen LogP contribution in [-0.4, -0.2) is 32.1 Å². The van der Waals surface area contributed by atoms with Gasteiger partial charge in [-0.15, -0.1) is 0 Å². The summed E-state index contributed by atoms with van der Waals surface area (Å²) in [6.07, 6.45) is 0.709. The smallest absolute Gasteiger partial charge is 0.255 e. The molecule has 0 bridgehead atoms. The van der Waals surface area contributed by atoms with E-state index in [0.717, 1.165) is 37.0 Å². The zero-order valence-electron chi connectivity index (χ0n) is 11.6. The van der Waals surface area contributed by atoms with E-state index in [1.165, 1.54) is 0 Å². The molecule has 2 fully saturated rings. The minimum atomic E-state index is -0.118. The van der Waals surface area contributed by atoms with Gasteiger partial charge in [0.15, 0.2) is 0 Å². The topological polar surface area (TPSA) is 76.4 Å². The van der Waals surface area contributed by atoms with Crippen LogP contribution in [0.2, 0.25) is 5.02 Å². The third-order valence-electron chi connectivity index (χ3n) is 4.98. The first-order valence-corrected chi connectivity index (χ1v) is 7.77. The van der Waals surface area contributed by atoms with Gasteiger partial charge >= 0.3 is 0 Å². The zero-order valence-corrected chi connectivity index (χ0v) is 12.4. The molecule has 3 aliphatic rings. The number of ether oxygens (including phenoxy) is 1. The summed E-state index contributed by atoms with van der Waals surface area (Å²) in [5, 5.41) is 6.80. The number of benzene rings is 1. The molecule has 1 saturated carbocycles. The van der Waals surface area contributed by atoms with Gasteiger partial charge in [0.1, 0.15) is 5.75 Å². The van der Waals surface area contributed by atoms with Gasteiger partial charge in [-0.2, -0.15) is 0 Å². The molecule has 4 N–H and O–H groups in total. The van der Waals surface area contributed by atoms with Crippen LogP contribution < -0.4 is 21.1 Å². The Labute approximate surface area is 128 Å². The molecule has 1 saturated heterocycles. The lowest BCUT2D eigenvalue weighted by Gasteiger charge is -2.12. The summed E-state index contributed by atoms with van der Waals surface area (Å²) in [5.74, 6) is 2.58. The normalized spacial score (nSPS) is 28.7. The van der Waals surface area contributed by atoms with Crippen LogP contribution in [0.4, 0.5) is 5.69 Å². The van der Waals surface area contributed by atoms with Gasteiger partial charge in [0.25, 0.3) is 5.91 Å². The molecule has 4 rings (SSSR count). The first-order valence-electron chi connectivity index (χ1n) is 7.39. The van der Waals surface area contributed by atoms with E-state index in [1.54, 1.807) is 6.07 Å². The maximum Gasteiger partial charge on any atom is 0.255 e. The Kier molecular flexibility index (Phi) is 3.01. The summed E-state index contributed by atoms with van der Waals surface area (Å²) in [4.78, 5) is 12.4. The summed E-state index contributed by atoms with van der Waals surface area (Å²) in [6, 6.07) is 1.62. The minimum Gasteiger partial charge on any atom is -0.492 e. The number of hydrogen-bond acceptors (Lipinski definition) is 4. The fourth-order valence-corrected chi connectivity index (χ4v) is 3.91. The number of halogens is 1. The van der Waals surface area contributed by atoms with Crippen molar-refractivity contribution in [1.82, 2.24) is 10.6 Å². The number of nitrogens with one attached hydrogen (secondary N) is 2. The molecule has 2 unspecified atom stereocenters. The van der Waals surface area contributed by atoms with Gasteiger partial charge in [0.05, 0.1) is 22.9 Å². The predicted octanol–water partition coefficient (Wildman–Crippen LogP) is 1.05. The van der Waals surface area contributed by atoms with Crippen molar-refractivity contribution in [1.29, 1.82) is 0 Å². The zero-order chi connectivity index (χ0) is 14.6. The lowest BCUT2D eigenvalue weighted by molar-refractivity contribution is 0.0947. The fraction of sp³-hybridized carbons (Fsp3) is 0.533. The molecule has 2 atom stereocenters. The predicted molar refractivity (Wildman–Crippen MR) is 80.7 cm³/mol. The SMILES string of the molecule is Nc1c(Cl)cc(C(=O)NCC2C3CNCC32)c2c1CCO2. The van der Waals surface area contributed by atoms with E-state index in [9.17, 15) is 4.79 Å². The Balaban J connectivity index is 1.49. The first-order chi connectivity index (χ1) is 10.2. The molecule has 1 aliphatic carbocycles. The van der Waals surface area contributed by atoms with Gasteiger partial charge in [-0.05, 0) is 36.9 Å². The fourth-order valence-electron chi connectivity index (χ4n) is 3.69. The van der Waals surface area contributed by atoms with E-state index < -0.39 is 0 Å². The van der Waals surface area contributed by atoms with Crippen LogP contribution in [0.1, 0.15) is 15.9 Å². The van der Waals surface area contributed by atoms with Crippen LogP contribution in [-0.2, 0) is 6.42 Å². The molecule has 0 aromatic heterocycles. The van der Waals surface area contributed by atoms with Gasteiger partial charge in [-0.1, -0.05) is 11.6 Å². The third kappa shape index (κ3) is 2.07. The van der Waals surface area contributed by atoms with E-state index in [2.05, 4.69) is 10.6 Å². The van der Waals surface area contributed by atoms with Gasteiger partial charge < -0.3 is 21.1 Å². The summed E-state index contributed by atoms with van der Waals surface area (Å²) in [7, 11) is 0. The van der Waals surface area contributed by atoms with E-state index in [4.69, 9.17) is 22.1 Å². The highest BCUT2D eigenvalue weighted by Crippen LogP contribution is 2.48. The van der Waals surface area contributed by atoms with Crippen LogP contribution in [0.3, 0.4) is 0 Å². The minimum absolute atomic E-state index is 0.118. The lowest BCUT2D eigenvalue weighted by Crippen LogP contribution is -2.29. The highest BCUT2D eigenvalue weighted by molar-refractivity contribution is 6.33. The van der Waals surface area contributed by atoms with Crippen molar-refractivity contribution in [3.63, 3.8) is 0 Å². The average Bonchev–Trinajstić information content (AvgIpc) is 2.92. The average molecular weight is 308 g/mol. The van der Waals surface area contributed by atoms with Crippen molar-refractivity contribution in [3.05, 3.63) is 22.2 Å². The van der Waals surface area contributed by atoms with Crippen molar-refractivity contribution in [3.8, 4) is 5.75 Å². The molecular formula is C15H18ClN3O2. The molecular weight excluding hydrogens is 290 g/mol. The molecule has 0 spiro atoms. The first kappa shape index (κ1) is 13.2. The second kappa shape index (κ2) is 4.78. The largest absolute Gasteiger partial charge is 0.492 e. The molecule has 1 aromatic carbocycles. The Hall–Kier alpha value is -1.46. The summed E-state index contributed by atoms with van der Waals surface area (Å²) in [6.45, 7) is 3.44. The molecule has 2 aliphatic heterocycles. The van der Waals surface area contributed by atoms with Crippen molar-refractivity contribution in [2.75, 3.05) is 32.0 Å². The van der Waals surface area contributed by atoms with Crippen LogP contribution in [0.25, 0.3) is 0 Å². The van der Waals surface area contributed by atoms with Crippen molar-refractivity contribution in [2.24, 2.45) is 17.8 Å². The van der Waals surface area contributed by atoms with Crippen molar-refractivity contribution >= 4 is 23.2 Å². The maximum atomic E-state index is 12.4. The second-order valence-corrected chi connectivity index (χ2v) is 6.49.